The lowest BCUT2D eigenvalue weighted by Crippen LogP contribution is -2.49. The average Bonchev–Trinajstić information content (AvgIpc) is 3.23. The molecule has 2 aromatic rings. The van der Waals surface area contributed by atoms with Crippen molar-refractivity contribution in [3.8, 4) is 0 Å². The maximum Gasteiger partial charge on any atom is 0.329 e. The van der Waals surface area contributed by atoms with E-state index in [1.807, 2.05) is 0 Å². The molecule has 4 N–H and O–H groups in total. The van der Waals surface area contributed by atoms with Gasteiger partial charge in [0.25, 0.3) is 0 Å². The van der Waals surface area contributed by atoms with Crippen molar-refractivity contribution in [3.63, 3.8) is 0 Å². The third kappa shape index (κ3) is 7.53. The lowest BCUT2D eigenvalue weighted by atomic mass is 9.93. The summed E-state index contributed by atoms with van der Waals surface area (Å²) in [4.78, 5) is 63.0. The molecule has 11 nitrogen and oxygen atoms in total. The summed E-state index contributed by atoms with van der Waals surface area (Å²) >= 11 is 0. The number of likely N-dealkylation sites (tertiary alicyclic amines) is 1. The van der Waals surface area contributed by atoms with E-state index in [1.54, 1.807) is 32.9 Å². The molecule has 12 heteroatoms. The van der Waals surface area contributed by atoms with E-state index in [0.29, 0.717) is 5.56 Å². The first-order valence-electron chi connectivity index (χ1n) is 12.1. The van der Waals surface area contributed by atoms with Gasteiger partial charge in [0, 0.05) is 11.3 Å². The summed E-state index contributed by atoms with van der Waals surface area (Å²) in [6.07, 6.45) is -0.559. The molecule has 1 aliphatic heterocycles. The first kappa shape index (κ1) is 29.1. The van der Waals surface area contributed by atoms with Crippen LogP contribution >= 0.6 is 0 Å². The number of halogens is 1. The molecule has 0 unspecified atom stereocenters. The molecule has 0 bridgehead atoms. The molecule has 0 radical (unpaired) electrons. The van der Waals surface area contributed by atoms with Crippen LogP contribution < -0.4 is 10.6 Å². The van der Waals surface area contributed by atoms with Crippen molar-refractivity contribution in [3.05, 3.63) is 65.5 Å². The minimum Gasteiger partial charge on any atom is -0.481 e. The van der Waals surface area contributed by atoms with Gasteiger partial charge in [-0.05, 0) is 51.0 Å². The number of aliphatic carboxylic acids is 2. The van der Waals surface area contributed by atoms with Crippen LogP contribution in [0.2, 0.25) is 0 Å². The van der Waals surface area contributed by atoms with Crippen LogP contribution in [-0.2, 0) is 30.3 Å². The SMILES string of the molecule is CC(C)(C)OC(=O)[C@H]1C[C@H](C(=O)O)[C@@H](c2ccccc2F)N1C(=O)CNC(=O)Nc1cccc(CC(=O)O)c1. The van der Waals surface area contributed by atoms with Crippen LogP contribution in [0.15, 0.2) is 48.5 Å². The zero-order valence-corrected chi connectivity index (χ0v) is 21.6. The number of nitrogens with zero attached hydrogens (tertiary/aromatic N) is 1. The Labute approximate surface area is 223 Å². The summed E-state index contributed by atoms with van der Waals surface area (Å²) in [6, 6.07) is 8.03. The Balaban J connectivity index is 1.84. The summed E-state index contributed by atoms with van der Waals surface area (Å²) in [5, 5.41) is 23.7. The van der Waals surface area contributed by atoms with Gasteiger partial charge in [-0.15, -0.1) is 0 Å². The van der Waals surface area contributed by atoms with Gasteiger partial charge in [-0.25, -0.2) is 14.0 Å². The zero-order chi connectivity index (χ0) is 28.9. The van der Waals surface area contributed by atoms with E-state index < -0.39 is 65.8 Å². The number of esters is 1. The number of urea groups is 1. The molecule has 2 aromatic carbocycles. The van der Waals surface area contributed by atoms with E-state index in [2.05, 4.69) is 10.6 Å². The van der Waals surface area contributed by atoms with E-state index in [-0.39, 0.29) is 24.1 Å². The van der Waals surface area contributed by atoms with Crippen molar-refractivity contribution in [1.29, 1.82) is 0 Å². The van der Waals surface area contributed by atoms with Crippen molar-refractivity contribution >= 4 is 35.5 Å². The lowest BCUT2D eigenvalue weighted by molar-refractivity contribution is -0.164. The molecule has 1 heterocycles. The number of amides is 3. The second kappa shape index (κ2) is 11.9. The summed E-state index contributed by atoms with van der Waals surface area (Å²) in [6.45, 7) is 4.21. The van der Waals surface area contributed by atoms with Gasteiger partial charge >= 0.3 is 23.9 Å². The third-order valence-corrected chi connectivity index (χ3v) is 5.94. The van der Waals surface area contributed by atoms with Crippen molar-refractivity contribution in [2.75, 3.05) is 11.9 Å². The Kier molecular flexibility index (Phi) is 8.89. The fraction of sp³-hybridized carbons (Fsp3) is 0.370. The van der Waals surface area contributed by atoms with Gasteiger partial charge in [-0.1, -0.05) is 30.3 Å². The number of nitrogens with one attached hydrogen (secondary N) is 2. The van der Waals surface area contributed by atoms with Crippen LogP contribution in [0, 0.1) is 11.7 Å². The molecule has 3 atom stereocenters. The normalized spacial score (nSPS) is 18.8. The molecule has 39 heavy (non-hydrogen) atoms. The Bertz CT molecular complexity index is 1280. The largest absolute Gasteiger partial charge is 0.481 e. The van der Waals surface area contributed by atoms with Crippen molar-refractivity contribution in [2.24, 2.45) is 5.92 Å². The van der Waals surface area contributed by atoms with E-state index in [4.69, 9.17) is 9.84 Å². The number of rotatable bonds is 8. The van der Waals surface area contributed by atoms with Crippen molar-refractivity contribution < 1.29 is 43.3 Å². The molecule has 0 aliphatic carbocycles. The van der Waals surface area contributed by atoms with E-state index in [9.17, 15) is 33.5 Å². The van der Waals surface area contributed by atoms with Gasteiger partial charge in [0.15, 0.2) is 0 Å². The van der Waals surface area contributed by atoms with Gasteiger partial charge < -0.3 is 30.5 Å². The molecule has 3 rings (SSSR count). The average molecular weight is 544 g/mol. The molecular formula is C27H30FN3O8. The summed E-state index contributed by atoms with van der Waals surface area (Å²) in [5.74, 6) is -6.09. The predicted molar refractivity (Wildman–Crippen MR) is 136 cm³/mol. The Hall–Kier alpha value is -4.48. The summed E-state index contributed by atoms with van der Waals surface area (Å²) in [7, 11) is 0. The number of hydrogen-bond acceptors (Lipinski definition) is 6. The van der Waals surface area contributed by atoms with Crippen LogP contribution in [0.1, 0.15) is 44.4 Å². The second-order valence-electron chi connectivity index (χ2n) is 10.1. The maximum atomic E-state index is 14.8. The van der Waals surface area contributed by atoms with Crippen LogP contribution in [0.25, 0.3) is 0 Å². The van der Waals surface area contributed by atoms with E-state index in [0.717, 1.165) is 11.0 Å². The highest BCUT2D eigenvalue weighted by Crippen LogP contribution is 2.43. The van der Waals surface area contributed by atoms with Crippen LogP contribution in [0.5, 0.6) is 0 Å². The smallest absolute Gasteiger partial charge is 0.329 e. The standard InChI is InChI=1S/C27H30FN3O8/c1-27(2,3)39-25(37)20-13-18(24(35)36)23(17-9-4-5-10-19(17)28)31(20)21(32)14-29-26(38)30-16-8-6-7-15(11-16)12-22(33)34/h4-11,18,20,23H,12-14H2,1-3H3,(H,33,34)(H,35,36)(H2,29,30,38)/t18-,20+,23+/m0/s1. The number of ether oxygens (including phenoxy) is 1. The predicted octanol–water partition coefficient (Wildman–Crippen LogP) is 2.96. The number of carboxylic acid groups (broad SMARTS) is 2. The quantitative estimate of drug-likeness (QED) is 0.370. The molecule has 1 aliphatic rings. The summed E-state index contributed by atoms with van der Waals surface area (Å²) < 4.78 is 20.2. The maximum absolute atomic E-state index is 14.8. The molecular weight excluding hydrogens is 513 g/mol. The molecule has 208 valence electrons. The molecule has 0 aromatic heterocycles. The third-order valence-electron chi connectivity index (χ3n) is 5.94. The van der Waals surface area contributed by atoms with Gasteiger partial charge in [0.2, 0.25) is 5.91 Å². The second-order valence-corrected chi connectivity index (χ2v) is 10.1. The molecule has 0 saturated carbocycles. The molecule has 1 saturated heterocycles. The van der Waals surface area contributed by atoms with Crippen molar-refractivity contribution in [2.45, 2.75) is 51.3 Å². The van der Waals surface area contributed by atoms with Gasteiger partial charge in [-0.3, -0.25) is 14.4 Å². The Morgan fingerprint density at radius 1 is 1.05 bits per heavy atom. The van der Waals surface area contributed by atoms with Crippen molar-refractivity contribution in [1.82, 2.24) is 10.2 Å². The van der Waals surface area contributed by atoms with Gasteiger partial charge in [0.1, 0.15) is 17.5 Å². The van der Waals surface area contributed by atoms with Crippen LogP contribution in [-0.4, -0.2) is 63.1 Å². The molecule has 0 spiro atoms. The molecule has 1 fully saturated rings. The van der Waals surface area contributed by atoms with Crippen LogP contribution in [0.3, 0.4) is 0 Å². The van der Waals surface area contributed by atoms with E-state index >= 15 is 0 Å². The van der Waals surface area contributed by atoms with Gasteiger partial charge in [0.05, 0.1) is 24.9 Å². The minimum absolute atomic E-state index is 0.0796. The number of carboxylic acids is 2. The van der Waals surface area contributed by atoms with Gasteiger partial charge in [-0.2, -0.15) is 0 Å². The zero-order valence-electron chi connectivity index (χ0n) is 21.6. The summed E-state index contributed by atoms with van der Waals surface area (Å²) in [5.41, 5.74) is -0.291. The monoisotopic (exact) mass is 543 g/mol. The first-order chi connectivity index (χ1) is 18.3. The Morgan fingerprint density at radius 2 is 1.74 bits per heavy atom. The number of carbonyl (C=O) groups is 5. The first-order valence-corrected chi connectivity index (χ1v) is 12.1. The fourth-order valence-electron chi connectivity index (χ4n) is 4.45. The number of carbonyl (C=O) groups excluding carboxylic acids is 3. The minimum atomic E-state index is -1.33. The topological polar surface area (TPSA) is 162 Å². The number of anilines is 1. The number of hydrogen-bond donors (Lipinski definition) is 4. The highest BCUT2D eigenvalue weighted by atomic mass is 19.1. The highest BCUT2D eigenvalue weighted by Gasteiger charge is 2.52. The van der Waals surface area contributed by atoms with Crippen LogP contribution in [0.4, 0.5) is 14.9 Å². The van der Waals surface area contributed by atoms with E-state index in [1.165, 1.54) is 30.3 Å². The lowest BCUT2D eigenvalue weighted by Gasteiger charge is -2.32. The Morgan fingerprint density at radius 3 is 2.36 bits per heavy atom. The number of benzene rings is 2. The highest BCUT2D eigenvalue weighted by molar-refractivity contribution is 5.94. The fourth-order valence-corrected chi connectivity index (χ4v) is 4.45. The molecule has 3 amide bonds.